The van der Waals surface area contributed by atoms with Gasteiger partial charge in [-0.1, -0.05) is 13.8 Å². The van der Waals surface area contributed by atoms with Gasteiger partial charge in [-0.05, 0) is 37.6 Å². The number of carbonyl (C=O) groups is 1. The summed E-state index contributed by atoms with van der Waals surface area (Å²) >= 11 is 0. The molecule has 98 valence electrons. The van der Waals surface area contributed by atoms with E-state index in [4.69, 9.17) is 4.74 Å². The molecule has 1 aliphatic rings. The van der Waals surface area contributed by atoms with Crippen molar-refractivity contribution < 1.29 is 9.53 Å². The van der Waals surface area contributed by atoms with Crippen molar-refractivity contribution in [1.82, 2.24) is 0 Å². The van der Waals surface area contributed by atoms with Crippen LogP contribution in [0.5, 0.6) is 5.75 Å². The minimum atomic E-state index is -0.165. The summed E-state index contributed by atoms with van der Waals surface area (Å²) in [6.45, 7) is 8.17. The van der Waals surface area contributed by atoms with E-state index >= 15 is 0 Å². The van der Waals surface area contributed by atoms with Gasteiger partial charge in [0.25, 0.3) is 0 Å². The average Bonchev–Trinajstić information content (AvgIpc) is 2.34. The van der Waals surface area contributed by atoms with E-state index in [1.807, 2.05) is 45.0 Å². The fraction of sp³-hybridized carbons (Fsp3) is 0.533. The molecule has 0 unspecified atom stereocenters. The second kappa shape index (κ2) is 5.01. The second-order valence-corrected chi connectivity index (χ2v) is 5.41. The number of hydrogen-bond acceptors (Lipinski definition) is 3. The number of ketones is 1. The molecule has 0 radical (unpaired) electrons. The molecule has 0 bridgehead atoms. The summed E-state index contributed by atoms with van der Waals surface area (Å²) in [5.41, 5.74) is 0.934. The van der Waals surface area contributed by atoms with Gasteiger partial charge < -0.3 is 9.64 Å². The summed E-state index contributed by atoms with van der Waals surface area (Å²) in [6.07, 6.45) is 0.916. The van der Waals surface area contributed by atoms with Gasteiger partial charge in [0.05, 0.1) is 13.2 Å². The Balaban J connectivity index is 2.07. The lowest BCUT2D eigenvalue weighted by Gasteiger charge is -2.36. The van der Waals surface area contributed by atoms with E-state index in [-0.39, 0.29) is 5.41 Å². The minimum absolute atomic E-state index is 0.165. The molecule has 0 saturated carbocycles. The lowest BCUT2D eigenvalue weighted by molar-refractivity contribution is -0.127. The van der Waals surface area contributed by atoms with Crippen molar-refractivity contribution >= 4 is 11.5 Å². The molecule has 0 atom stereocenters. The van der Waals surface area contributed by atoms with Crippen LogP contribution in [0.4, 0.5) is 5.69 Å². The van der Waals surface area contributed by atoms with Crippen LogP contribution in [-0.2, 0) is 4.79 Å². The minimum Gasteiger partial charge on any atom is -0.494 e. The third-order valence-corrected chi connectivity index (χ3v) is 3.61. The van der Waals surface area contributed by atoms with Crippen molar-refractivity contribution in [3.63, 3.8) is 0 Å². The van der Waals surface area contributed by atoms with Crippen LogP contribution in [0.2, 0.25) is 0 Å². The van der Waals surface area contributed by atoms with Gasteiger partial charge in [0, 0.05) is 17.6 Å². The number of ether oxygens (including phenoxy) is 1. The fourth-order valence-corrected chi connectivity index (χ4v) is 2.16. The highest BCUT2D eigenvalue weighted by molar-refractivity contribution is 5.89. The van der Waals surface area contributed by atoms with E-state index in [1.165, 1.54) is 0 Å². The normalized spacial score (nSPS) is 18.8. The lowest BCUT2D eigenvalue weighted by atomic mass is 9.81. The van der Waals surface area contributed by atoms with E-state index in [2.05, 4.69) is 4.90 Å². The van der Waals surface area contributed by atoms with Crippen molar-refractivity contribution in [2.75, 3.05) is 24.6 Å². The first-order valence-corrected chi connectivity index (χ1v) is 6.54. The molecular weight excluding hydrogens is 226 g/mol. The Labute approximate surface area is 109 Å². The topological polar surface area (TPSA) is 29.5 Å². The molecule has 1 aromatic carbocycles. The molecular formula is C15H21NO2. The molecule has 2 rings (SSSR count). The first-order valence-electron chi connectivity index (χ1n) is 6.54. The van der Waals surface area contributed by atoms with Crippen molar-refractivity contribution in [2.45, 2.75) is 27.2 Å². The number of piperidine rings is 1. The highest BCUT2D eigenvalue weighted by Crippen LogP contribution is 2.30. The number of hydrogen-bond donors (Lipinski definition) is 0. The summed E-state index contributed by atoms with van der Waals surface area (Å²) in [5, 5.41) is 0. The first-order chi connectivity index (χ1) is 8.53. The number of rotatable bonds is 3. The van der Waals surface area contributed by atoms with E-state index in [9.17, 15) is 4.79 Å². The van der Waals surface area contributed by atoms with Gasteiger partial charge in [-0.25, -0.2) is 0 Å². The van der Waals surface area contributed by atoms with Crippen LogP contribution >= 0.6 is 0 Å². The third-order valence-electron chi connectivity index (χ3n) is 3.61. The van der Waals surface area contributed by atoms with Gasteiger partial charge in [-0.3, -0.25) is 4.79 Å². The van der Waals surface area contributed by atoms with E-state index < -0.39 is 0 Å². The maximum Gasteiger partial charge on any atom is 0.157 e. The van der Waals surface area contributed by atoms with Crippen molar-refractivity contribution in [3.05, 3.63) is 24.3 Å². The molecule has 1 aromatic rings. The summed E-state index contributed by atoms with van der Waals surface area (Å²) in [5.74, 6) is 1.20. The van der Waals surface area contributed by atoms with Crippen molar-refractivity contribution in [1.29, 1.82) is 0 Å². The Morgan fingerprint density at radius 3 is 2.50 bits per heavy atom. The van der Waals surface area contributed by atoms with Gasteiger partial charge in [0.15, 0.2) is 5.78 Å². The zero-order valence-electron chi connectivity index (χ0n) is 11.4. The predicted octanol–water partition coefficient (Wildman–Crippen LogP) is 2.89. The molecule has 1 heterocycles. The fourth-order valence-electron chi connectivity index (χ4n) is 2.16. The SMILES string of the molecule is CCOc1ccc(N2CCC(C)(C)C(=O)C2)cc1. The molecule has 18 heavy (non-hydrogen) atoms. The van der Waals surface area contributed by atoms with Gasteiger partial charge in [0.2, 0.25) is 0 Å². The van der Waals surface area contributed by atoms with Crippen LogP contribution in [0.15, 0.2) is 24.3 Å². The smallest absolute Gasteiger partial charge is 0.157 e. The molecule has 3 nitrogen and oxygen atoms in total. The van der Waals surface area contributed by atoms with Crippen molar-refractivity contribution in [3.8, 4) is 5.75 Å². The quantitative estimate of drug-likeness (QED) is 0.822. The molecule has 1 fully saturated rings. The average molecular weight is 247 g/mol. The molecule has 1 saturated heterocycles. The summed E-state index contributed by atoms with van der Waals surface area (Å²) in [7, 11) is 0. The number of carbonyl (C=O) groups excluding carboxylic acids is 1. The highest BCUT2D eigenvalue weighted by Gasteiger charge is 2.33. The van der Waals surface area contributed by atoms with Gasteiger partial charge in [-0.2, -0.15) is 0 Å². The van der Waals surface area contributed by atoms with Crippen LogP contribution in [-0.4, -0.2) is 25.5 Å². The van der Waals surface area contributed by atoms with E-state index in [0.717, 1.165) is 24.4 Å². The number of anilines is 1. The van der Waals surface area contributed by atoms with Gasteiger partial charge >= 0.3 is 0 Å². The molecule has 0 spiro atoms. The molecule has 0 aliphatic carbocycles. The number of benzene rings is 1. The molecule has 0 amide bonds. The monoisotopic (exact) mass is 247 g/mol. The zero-order valence-corrected chi connectivity index (χ0v) is 11.4. The van der Waals surface area contributed by atoms with Crippen LogP contribution in [0.1, 0.15) is 27.2 Å². The standard InChI is InChI=1S/C15H21NO2/c1-4-18-13-7-5-12(6-8-13)16-10-9-15(2,3)14(17)11-16/h5-8H,4,9-11H2,1-3H3. The molecule has 0 N–H and O–H groups in total. The Hall–Kier alpha value is -1.51. The first kappa shape index (κ1) is 12.9. The Morgan fingerprint density at radius 1 is 1.28 bits per heavy atom. The summed E-state index contributed by atoms with van der Waals surface area (Å²) < 4.78 is 5.42. The third kappa shape index (κ3) is 2.66. The number of nitrogens with zero attached hydrogens (tertiary/aromatic N) is 1. The summed E-state index contributed by atoms with van der Waals surface area (Å²) in [4.78, 5) is 14.1. The Kier molecular flexibility index (Phi) is 3.60. The van der Waals surface area contributed by atoms with Gasteiger partial charge in [0.1, 0.15) is 5.75 Å². The van der Waals surface area contributed by atoms with Crippen LogP contribution in [0.3, 0.4) is 0 Å². The Bertz CT molecular complexity index is 423. The van der Waals surface area contributed by atoms with Crippen LogP contribution in [0.25, 0.3) is 0 Å². The summed E-state index contributed by atoms with van der Waals surface area (Å²) in [6, 6.07) is 7.97. The maximum atomic E-state index is 12.0. The maximum absolute atomic E-state index is 12.0. The van der Waals surface area contributed by atoms with Crippen LogP contribution < -0.4 is 9.64 Å². The predicted molar refractivity (Wildman–Crippen MR) is 73.2 cm³/mol. The molecule has 0 aromatic heterocycles. The number of Topliss-reactive ketones (excluding diaryl/α,β-unsaturated/α-hetero) is 1. The molecule has 3 heteroatoms. The second-order valence-electron chi connectivity index (χ2n) is 5.41. The Morgan fingerprint density at radius 2 is 1.94 bits per heavy atom. The zero-order chi connectivity index (χ0) is 13.2. The van der Waals surface area contributed by atoms with Crippen LogP contribution in [0, 0.1) is 5.41 Å². The van der Waals surface area contributed by atoms with E-state index in [1.54, 1.807) is 0 Å². The van der Waals surface area contributed by atoms with E-state index in [0.29, 0.717) is 18.9 Å². The largest absolute Gasteiger partial charge is 0.494 e. The van der Waals surface area contributed by atoms with Crippen molar-refractivity contribution in [2.24, 2.45) is 5.41 Å². The van der Waals surface area contributed by atoms with Gasteiger partial charge in [-0.15, -0.1) is 0 Å². The molecule has 1 aliphatic heterocycles. The highest BCUT2D eigenvalue weighted by atomic mass is 16.5. The lowest BCUT2D eigenvalue weighted by Crippen LogP contribution is -2.45.